The molecule has 0 bridgehead atoms. The highest BCUT2D eigenvalue weighted by atomic mass is 16.6. The van der Waals surface area contributed by atoms with E-state index < -0.39 is 28.9 Å². The number of ether oxygens (including phenoxy) is 1. The molecule has 4 rings (SSSR count). The van der Waals surface area contributed by atoms with Crippen LogP contribution in [0.1, 0.15) is 12.6 Å². The van der Waals surface area contributed by atoms with E-state index in [1.165, 1.54) is 29.1 Å². The highest BCUT2D eigenvalue weighted by Gasteiger charge is 2.35. The van der Waals surface area contributed by atoms with Gasteiger partial charge in [0.15, 0.2) is 11.2 Å². The molecular formula is C16H16N6O6. The predicted octanol–water partition coefficient (Wildman–Crippen LogP) is 0.412. The second-order valence-electron chi connectivity index (χ2n) is 6.25. The zero-order chi connectivity index (χ0) is 19.8. The molecule has 1 aliphatic rings. The van der Waals surface area contributed by atoms with Crippen molar-refractivity contribution >= 4 is 28.5 Å². The lowest BCUT2D eigenvalue weighted by atomic mass is 10.2. The molecule has 28 heavy (non-hydrogen) atoms. The fraction of sp³-hybridized carbons (Fsp3) is 0.312. The highest BCUT2D eigenvalue weighted by molar-refractivity contribution is 5.73. The normalized spacial score (nSPS) is 21.9. The number of aliphatic hydroxyl groups excluding tert-OH is 2. The Bertz CT molecular complexity index is 1090. The van der Waals surface area contributed by atoms with E-state index in [4.69, 9.17) is 4.74 Å². The third-order valence-electron chi connectivity index (χ3n) is 4.48. The van der Waals surface area contributed by atoms with E-state index in [0.29, 0.717) is 0 Å². The van der Waals surface area contributed by atoms with Gasteiger partial charge in [-0.2, -0.15) is 4.98 Å². The summed E-state index contributed by atoms with van der Waals surface area (Å²) in [5.74, 6) is -0.00852. The van der Waals surface area contributed by atoms with Gasteiger partial charge < -0.3 is 20.3 Å². The standard InChI is InChI=1S/C16H16N6O6/c23-6-11-10(24)5-12(28-11)21-7-17-13-14(21)19-16(20-15(13)25)18-8-3-1-2-4-9(8)22(26)27/h1-4,7,10-12,23-24H,5-6H2,(H2,18,19,20,25). The quantitative estimate of drug-likeness (QED) is 0.357. The van der Waals surface area contributed by atoms with Crippen molar-refractivity contribution in [3.05, 3.63) is 51.1 Å². The van der Waals surface area contributed by atoms with Crippen molar-refractivity contribution in [2.75, 3.05) is 11.9 Å². The molecule has 3 heterocycles. The molecule has 3 aromatic rings. The van der Waals surface area contributed by atoms with Gasteiger partial charge in [-0.25, -0.2) is 4.98 Å². The van der Waals surface area contributed by atoms with Crippen LogP contribution in [0.3, 0.4) is 0 Å². The second-order valence-corrected chi connectivity index (χ2v) is 6.25. The maximum atomic E-state index is 12.3. The first-order valence-electron chi connectivity index (χ1n) is 8.39. The van der Waals surface area contributed by atoms with Crippen LogP contribution in [0.15, 0.2) is 35.4 Å². The number of nitro benzene ring substituents is 1. The van der Waals surface area contributed by atoms with Crippen molar-refractivity contribution in [3.8, 4) is 0 Å². The van der Waals surface area contributed by atoms with Gasteiger partial charge in [0, 0.05) is 12.5 Å². The minimum absolute atomic E-state index is 0.00852. The van der Waals surface area contributed by atoms with Gasteiger partial charge in [-0.1, -0.05) is 12.1 Å². The first-order chi connectivity index (χ1) is 13.5. The van der Waals surface area contributed by atoms with Crippen molar-refractivity contribution in [1.82, 2.24) is 19.5 Å². The first kappa shape index (κ1) is 18.0. The molecule has 2 aromatic heterocycles. The molecule has 1 aromatic carbocycles. The van der Waals surface area contributed by atoms with E-state index in [2.05, 4.69) is 20.3 Å². The van der Waals surface area contributed by atoms with Gasteiger partial charge in [0.25, 0.3) is 11.2 Å². The third-order valence-corrected chi connectivity index (χ3v) is 4.48. The number of nitro groups is 1. The number of aromatic amines is 1. The van der Waals surface area contributed by atoms with Crippen molar-refractivity contribution < 1.29 is 19.9 Å². The van der Waals surface area contributed by atoms with Crippen LogP contribution in [0, 0.1) is 10.1 Å². The summed E-state index contributed by atoms with van der Waals surface area (Å²) in [7, 11) is 0. The molecule has 4 N–H and O–H groups in total. The second kappa shape index (κ2) is 6.99. The molecular weight excluding hydrogens is 372 g/mol. The summed E-state index contributed by atoms with van der Waals surface area (Å²) in [6.07, 6.45) is -0.713. The van der Waals surface area contributed by atoms with E-state index >= 15 is 0 Å². The number of para-hydroxylation sites is 2. The van der Waals surface area contributed by atoms with Gasteiger partial charge in [-0.15, -0.1) is 0 Å². The van der Waals surface area contributed by atoms with Gasteiger partial charge in [0.05, 0.1) is 24.0 Å². The molecule has 0 radical (unpaired) electrons. The SMILES string of the molecule is O=c1[nH]c(Nc2ccccc2[N+](=O)[O-])nc2c1ncn2C1CC(O)C(CO)O1. The summed E-state index contributed by atoms with van der Waals surface area (Å²) in [6, 6.07) is 5.95. The molecule has 0 spiro atoms. The number of H-pyrrole nitrogens is 1. The Kier molecular flexibility index (Phi) is 4.50. The Balaban J connectivity index is 1.72. The maximum absolute atomic E-state index is 12.3. The number of anilines is 2. The number of aromatic nitrogens is 4. The number of nitrogens with zero attached hydrogens (tertiary/aromatic N) is 4. The van der Waals surface area contributed by atoms with Crippen molar-refractivity contribution in [2.24, 2.45) is 0 Å². The lowest BCUT2D eigenvalue weighted by Crippen LogP contribution is -2.24. The van der Waals surface area contributed by atoms with Crippen LogP contribution in [0.2, 0.25) is 0 Å². The van der Waals surface area contributed by atoms with Gasteiger partial charge in [0.2, 0.25) is 5.95 Å². The molecule has 146 valence electrons. The summed E-state index contributed by atoms with van der Waals surface area (Å²) in [5, 5.41) is 33.1. The predicted molar refractivity (Wildman–Crippen MR) is 96.1 cm³/mol. The lowest BCUT2D eigenvalue weighted by molar-refractivity contribution is -0.383. The van der Waals surface area contributed by atoms with Crippen LogP contribution in [0.4, 0.5) is 17.3 Å². The summed E-state index contributed by atoms with van der Waals surface area (Å²) in [4.78, 5) is 33.8. The summed E-state index contributed by atoms with van der Waals surface area (Å²) in [6.45, 7) is -0.344. The third kappa shape index (κ3) is 3.09. The number of imidazole rings is 1. The summed E-state index contributed by atoms with van der Waals surface area (Å²) >= 11 is 0. The van der Waals surface area contributed by atoms with Crippen LogP contribution < -0.4 is 10.9 Å². The number of benzene rings is 1. The van der Waals surface area contributed by atoms with E-state index in [9.17, 15) is 25.1 Å². The molecule has 3 unspecified atom stereocenters. The van der Waals surface area contributed by atoms with Crippen molar-refractivity contribution in [2.45, 2.75) is 24.9 Å². The smallest absolute Gasteiger partial charge is 0.292 e. The topological polar surface area (TPSA) is 168 Å². The fourth-order valence-electron chi connectivity index (χ4n) is 3.11. The van der Waals surface area contributed by atoms with Crippen molar-refractivity contribution in [3.63, 3.8) is 0 Å². The van der Waals surface area contributed by atoms with Gasteiger partial charge in [-0.3, -0.25) is 24.5 Å². The molecule has 12 heteroatoms. The lowest BCUT2D eigenvalue weighted by Gasteiger charge is -2.14. The molecule has 0 aliphatic carbocycles. The largest absolute Gasteiger partial charge is 0.394 e. The minimum Gasteiger partial charge on any atom is -0.394 e. The minimum atomic E-state index is -0.862. The number of hydrogen-bond donors (Lipinski definition) is 4. The van der Waals surface area contributed by atoms with Gasteiger partial charge in [0.1, 0.15) is 18.0 Å². The van der Waals surface area contributed by atoms with Crippen LogP contribution in [-0.2, 0) is 4.74 Å². The van der Waals surface area contributed by atoms with Crippen LogP contribution in [0.5, 0.6) is 0 Å². The van der Waals surface area contributed by atoms with Crippen LogP contribution in [-0.4, -0.2) is 53.5 Å². The summed E-state index contributed by atoms with van der Waals surface area (Å²) < 4.78 is 7.07. The number of nitrogens with one attached hydrogen (secondary N) is 2. The zero-order valence-corrected chi connectivity index (χ0v) is 14.3. The summed E-state index contributed by atoms with van der Waals surface area (Å²) in [5.41, 5.74) is -0.318. The van der Waals surface area contributed by atoms with Crippen molar-refractivity contribution in [1.29, 1.82) is 0 Å². The molecule has 1 fully saturated rings. The Morgan fingerprint density at radius 3 is 2.93 bits per heavy atom. The van der Waals surface area contributed by atoms with Crippen LogP contribution in [0.25, 0.3) is 11.2 Å². The van der Waals surface area contributed by atoms with Gasteiger partial charge >= 0.3 is 0 Å². The average Bonchev–Trinajstić information content (AvgIpc) is 3.25. The zero-order valence-electron chi connectivity index (χ0n) is 14.3. The van der Waals surface area contributed by atoms with E-state index in [0.717, 1.165) is 0 Å². The number of hydrogen-bond acceptors (Lipinski definition) is 9. The monoisotopic (exact) mass is 388 g/mol. The molecule has 1 saturated heterocycles. The Morgan fingerprint density at radius 2 is 2.21 bits per heavy atom. The molecule has 0 saturated carbocycles. The number of aliphatic hydroxyl groups is 2. The molecule has 3 atom stereocenters. The van der Waals surface area contributed by atoms with E-state index in [-0.39, 0.29) is 41.5 Å². The first-order valence-corrected chi connectivity index (χ1v) is 8.39. The van der Waals surface area contributed by atoms with Crippen LogP contribution >= 0.6 is 0 Å². The van der Waals surface area contributed by atoms with Gasteiger partial charge in [-0.05, 0) is 6.07 Å². The Hall–Kier alpha value is -3.35. The molecule has 1 aliphatic heterocycles. The highest BCUT2D eigenvalue weighted by Crippen LogP contribution is 2.31. The average molecular weight is 388 g/mol. The van der Waals surface area contributed by atoms with E-state index in [1.54, 1.807) is 6.07 Å². The van der Waals surface area contributed by atoms with E-state index in [1.807, 2.05) is 0 Å². The Labute approximate surface area is 156 Å². The molecule has 12 nitrogen and oxygen atoms in total. The number of rotatable bonds is 5. The Morgan fingerprint density at radius 1 is 1.43 bits per heavy atom. The fourth-order valence-corrected chi connectivity index (χ4v) is 3.11. The molecule has 0 amide bonds. The maximum Gasteiger partial charge on any atom is 0.292 e. The number of fused-ring (bicyclic) bond motifs is 1.